The Morgan fingerprint density at radius 3 is 2.35 bits per heavy atom. The van der Waals surface area contributed by atoms with E-state index in [1.807, 2.05) is 0 Å². The van der Waals surface area contributed by atoms with Crippen molar-refractivity contribution in [3.05, 3.63) is 0 Å². The van der Waals surface area contributed by atoms with E-state index >= 15 is 0 Å². The van der Waals surface area contributed by atoms with Crippen LogP contribution in [-0.4, -0.2) is 78.8 Å². The first kappa shape index (κ1) is 16.2. The highest BCUT2D eigenvalue weighted by molar-refractivity contribution is 5.82. The van der Waals surface area contributed by atoms with Crippen molar-refractivity contribution in [1.82, 2.24) is 15.1 Å². The van der Waals surface area contributed by atoms with Crippen molar-refractivity contribution in [2.75, 3.05) is 39.8 Å². The Labute approximate surface area is 117 Å². The zero-order chi connectivity index (χ0) is 15.1. The lowest BCUT2D eigenvalue weighted by Gasteiger charge is -2.34. The normalized spacial score (nSPS) is 17.4. The molecule has 2 amide bonds. The van der Waals surface area contributed by atoms with Crippen LogP contribution < -0.4 is 5.32 Å². The minimum absolute atomic E-state index is 0.250. The van der Waals surface area contributed by atoms with E-state index in [0.29, 0.717) is 39.1 Å². The monoisotopic (exact) mass is 287 g/mol. The third-order valence-corrected chi connectivity index (χ3v) is 3.23. The molecule has 1 heterocycles. The highest BCUT2D eigenvalue weighted by Crippen LogP contribution is 2.03. The van der Waals surface area contributed by atoms with Crippen LogP contribution in [0.5, 0.6) is 0 Å². The summed E-state index contributed by atoms with van der Waals surface area (Å²) >= 11 is 0. The quantitative estimate of drug-likeness (QED) is 0.652. The van der Waals surface area contributed by atoms with E-state index in [2.05, 4.69) is 15.0 Å². The molecule has 8 nitrogen and oxygen atoms in total. The standard InChI is InChI=1S/C12H21N3O5/c1-9(11(17)18)13-12(19)15-7-5-14(6-8-15)4-3-10(16)20-2/h9H,3-8H2,1-2H3,(H,13,19)(H,17,18)/t9-/m0/s1. The van der Waals surface area contributed by atoms with Crippen LogP contribution in [0, 0.1) is 0 Å². The molecule has 0 aromatic heterocycles. The molecule has 0 aromatic carbocycles. The molecule has 0 unspecified atom stereocenters. The predicted molar refractivity (Wildman–Crippen MR) is 70.3 cm³/mol. The zero-order valence-corrected chi connectivity index (χ0v) is 11.8. The number of nitrogens with zero attached hydrogens (tertiary/aromatic N) is 2. The number of carbonyl (C=O) groups is 3. The molecule has 0 bridgehead atoms. The molecule has 1 rings (SSSR count). The van der Waals surface area contributed by atoms with Gasteiger partial charge in [-0.2, -0.15) is 0 Å². The number of nitrogens with one attached hydrogen (secondary N) is 1. The Morgan fingerprint density at radius 2 is 1.85 bits per heavy atom. The summed E-state index contributed by atoms with van der Waals surface area (Å²) < 4.78 is 4.57. The van der Waals surface area contributed by atoms with Crippen molar-refractivity contribution < 1.29 is 24.2 Å². The predicted octanol–water partition coefficient (Wildman–Crippen LogP) is -0.650. The van der Waals surface area contributed by atoms with E-state index in [0.717, 1.165) is 0 Å². The number of carboxylic acids is 1. The number of esters is 1. The number of carbonyl (C=O) groups excluding carboxylic acids is 2. The van der Waals surface area contributed by atoms with Gasteiger partial charge in [-0.3, -0.25) is 14.5 Å². The summed E-state index contributed by atoms with van der Waals surface area (Å²) in [5.74, 6) is -1.31. The Balaban J connectivity index is 2.29. The lowest BCUT2D eigenvalue weighted by molar-refractivity contribution is -0.141. The fraction of sp³-hybridized carbons (Fsp3) is 0.750. The first-order valence-electron chi connectivity index (χ1n) is 6.51. The first-order chi connectivity index (χ1) is 9.43. The van der Waals surface area contributed by atoms with Crippen LogP contribution in [0.1, 0.15) is 13.3 Å². The molecular weight excluding hydrogens is 266 g/mol. The van der Waals surface area contributed by atoms with E-state index in [1.165, 1.54) is 14.0 Å². The van der Waals surface area contributed by atoms with Crippen molar-refractivity contribution in [3.63, 3.8) is 0 Å². The van der Waals surface area contributed by atoms with E-state index in [4.69, 9.17) is 5.11 Å². The van der Waals surface area contributed by atoms with Gasteiger partial charge in [0.2, 0.25) is 0 Å². The molecular formula is C12H21N3O5. The number of amides is 2. The SMILES string of the molecule is COC(=O)CCN1CCN(C(=O)N[C@@H](C)C(=O)O)CC1. The second-order valence-corrected chi connectivity index (χ2v) is 4.66. The maximum Gasteiger partial charge on any atom is 0.325 e. The molecule has 1 aliphatic heterocycles. The number of methoxy groups -OCH3 is 1. The summed E-state index contributed by atoms with van der Waals surface area (Å²) in [6.07, 6.45) is 0.332. The highest BCUT2D eigenvalue weighted by atomic mass is 16.5. The number of carboxylic acid groups (broad SMARTS) is 1. The topological polar surface area (TPSA) is 99.2 Å². The van der Waals surface area contributed by atoms with Gasteiger partial charge in [-0.05, 0) is 6.92 Å². The Hall–Kier alpha value is -1.83. The summed E-state index contributed by atoms with van der Waals surface area (Å²) in [7, 11) is 1.36. The number of aliphatic carboxylic acids is 1. The molecule has 2 N–H and O–H groups in total. The largest absolute Gasteiger partial charge is 0.480 e. The number of piperazine rings is 1. The maximum atomic E-state index is 11.8. The molecule has 0 saturated carbocycles. The van der Waals surface area contributed by atoms with E-state index in [-0.39, 0.29) is 12.0 Å². The Morgan fingerprint density at radius 1 is 1.25 bits per heavy atom. The van der Waals surface area contributed by atoms with Crippen LogP contribution in [0.4, 0.5) is 4.79 Å². The number of ether oxygens (including phenoxy) is 1. The summed E-state index contributed by atoms with van der Waals surface area (Å²) in [6.45, 7) is 4.37. The Bertz CT molecular complexity index is 366. The second kappa shape index (κ2) is 7.68. The first-order valence-corrected chi connectivity index (χ1v) is 6.51. The van der Waals surface area contributed by atoms with Gasteiger partial charge in [0.1, 0.15) is 6.04 Å². The molecule has 0 aliphatic carbocycles. The molecule has 1 saturated heterocycles. The number of urea groups is 1. The molecule has 0 radical (unpaired) electrons. The van der Waals surface area contributed by atoms with Gasteiger partial charge < -0.3 is 20.1 Å². The van der Waals surface area contributed by atoms with Crippen LogP contribution in [0.2, 0.25) is 0 Å². The van der Waals surface area contributed by atoms with Gasteiger partial charge in [0.15, 0.2) is 0 Å². The molecule has 0 spiro atoms. The van der Waals surface area contributed by atoms with Gasteiger partial charge >= 0.3 is 18.0 Å². The van der Waals surface area contributed by atoms with Gasteiger partial charge in [-0.15, -0.1) is 0 Å². The van der Waals surface area contributed by atoms with Gasteiger partial charge in [-0.25, -0.2) is 4.79 Å². The fourth-order valence-electron chi connectivity index (χ4n) is 1.86. The third-order valence-electron chi connectivity index (χ3n) is 3.23. The van der Waals surface area contributed by atoms with Crippen LogP contribution in [0.3, 0.4) is 0 Å². The van der Waals surface area contributed by atoms with Crippen LogP contribution in [0.15, 0.2) is 0 Å². The smallest absolute Gasteiger partial charge is 0.325 e. The van der Waals surface area contributed by atoms with Crippen LogP contribution >= 0.6 is 0 Å². The molecule has 8 heteroatoms. The van der Waals surface area contributed by atoms with Crippen molar-refractivity contribution >= 4 is 18.0 Å². The molecule has 114 valence electrons. The fourth-order valence-corrected chi connectivity index (χ4v) is 1.86. The molecule has 1 atom stereocenters. The molecule has 20 heavy (non-hydrogen) atoms. The van der Waals surface area contributed by atoms with Gasteiger partial charge in [0.25, 0.3) is 0 Å². The van der Waals surface area contributed by atoms with Crippen molar-refractivity contribution in [2.24, 2.45) is 0 Å². The lowest BCUT2D eigenvalue weighted by atomic mass is 10.3. The number of hydrogen-bond donors (Lipinski definition) is 2. The maximum absolute atomic E-state index is 11.8. The minimum atomic E-state index is -1.06. The number of rotatable bonds is 5. The van der Waals surface area contributed by atoms with E-state index in [9.17, 15) is 14.4 Å². The average Bonchev–Trinajstić information content (AvgIpc) is 2.44. The average molecular weight is 287 g/mol. The van der Waals surface area contributed by atoms with Crippen molar-refractivity contribution in [2.45, 2.75) is 19.4 Å². The molecule has 1 fully saturated rings. The summed E-state index contributed by atoms with van der Waals surface area (Å²) in [4.78, 5) is 37.1. The van der Waals surface area contributed by atoms with Gasteiger partial charge in [0.05, 0.1) is 13.5 Å². The minimum Gasteiger partial charge on any atom is -0.480 e. The highest BCUT2D eigenvalue weighted by Gasteiger charge is 2.23. The lowest BCUT2D eigenvalue weighted by Crippen LogP contribution is -2.54. The van der Waals surface area contributed by atoms with Crippen molar-refractivity contribution in [3.8, 4) is 0 Å². The second-order valence-electron chi connectivity index (χ2n) is 4.66. The van der Waals surface area contributed by atoms with Crippen molar-refractivity contribution in [1.29, 1.82) is 0 Å². The molecule has 1 aliphatic rings. The summed E-state index contributed by atoms with van der Waals surface area (Å²) in [5.41, 5.74) is 0. The zero-order valence-electron chi connectivity index (χ0n) is 11.8. The van der Waals surface area contributed by atoms with E-state index in [1.54, 1.807) is 4.90 Å². The molecule has 0 aromatic rings. The van der Waals surface area contributed by atoms with Crippen LogP contribution in [-0.2, 0) is 14.3 Å². The summed E-state index contributed by atoms with van der Waals surface area (Å²) in [6, 6.07) is -1.27. The van der Waals surface area contributed by atoms with Crippen LogP contribution in [0.25, 0.3) is 0 Å². The Kier molecular flexibility index (Phi) is 6.23. The number of hydrogen-bond acceptors (Lipinski definition) is 5. The summed E-state index contributed by atoms with van der Waals surface area (Å²) in [5, 5.41) is 11.1. The third kappa shape index (κ3) is 5.04. The van der Waals surface area contributed by atoms with E-state index < -0.39 is 12.0 Å². The van der Waals surface area contributed by atoms with Gasteiger partial charge in [0, 0.05) is 32.7 Å². The van der Waals surface area contributed by atoms with Gasteiger partial charge in [-0.1, -0.05) is 0 Å².